The predicted octanol–water partition coefficient (Wildman–Crippen LogP) is 4.02. The van der Waals surface area contributed by atoms with Crippen LogP contribution in [0.3, 0.4) is 0 Å². The fraction of sp³-hybridized carbons (Fsp3) is 0.174. The number of benzene rings is 2. The third-order valence-electron chi connectivity index (χ3n) is 5.24. The number of hydrogen-bond donors (Lipinski definition) is 0. The van der Waals surface area contributed by atoms with E-state index < -0.39 is 0 Å². The van der Waals surface area contributed by atoms with E-state index in [1.54, 1.807) is 0 Å². The molecule has 138 valence electrons. The summed E-state index contributed by atoms with van der Waals surface area (Å²) in [6.07, 6.45) is 5.55. The minimum Gasteiger partial charge on any atom is -0.353 e. The maximum absolute atomic E-state index is 4.90. The Bertz CT molecular complexity index is 1090. The Balaban J connectivity index is 1.36. The second-order valence-electron chi connectivity index (χ2n) is 6.99. The summed E-state index contributed by atoms with van der Waals surface area (Å²) in [6, 6.07) is 20.9. The first-order valence-electron chi connectivity index (χ1n) is 9.59. The Morgan fingerprint density at radius 2 is 1.43 bits per heavy atom. The van der Waals surface area contributed by atoms with Crippen molar-refractivity contribution in [3.05, 3.63) is 79.3 Å². The number of hydrogen-bond acceptors (Lipinski definition) is 5. The fourth-order valence-electron chi connectivity index (χ4n) is 3.70. The van der Waals surface area contributed by atoms with Crippen molar-refractivity contribution < 1.29 is 0 Å². The van der Waals surface area contributed by atoms with Gasteiger partial charge in [0.15, 0.2) is 0 Å². The average Bonchev–Trinajstić information content (AvgIpc) is 2.79. The highest BCUT2D eigenvalue weighted by atomic mass is 15.3. The van der Waals surface area contributed by atoms with Gasteiger partial charge in [0.05, 0.1) is 18.1 Å². The van der Waals surface area contributed by atoms with Gasteiger partial charge in [0, 0.05) is 37.9 Å². The Labute approximate surface area is 164 Å². The molecule has 2 aromatic heterocycles. The molecule has 0 unspecified atom stereocenters. The van der Waals surface area contributed by atoms with Crippen molar-refractivity contribution in [1.82, 2.24) is 15.0 Å². The second kappa shape index (κ2) is 7.27. The summed E-state index contributed by atoms with van der Waals surface area (Å²) in [7, 11) is 0. The Morgan fingerprint density at radius 1 is 0.679 bits per heavy atom. The van der Waals surface area contributed by atoms with Gasteiger partial charge >= 0.3 is 0 Å². The highest BCUT2D eigenvalue weighted by molar-refractivity contribution is 5.86. The lowest BCUT2D eigenvalue weighted by Crippen LogP contribution is -2.47. The number of piperazine rings is 1. The van der Waals surface area contributed by atoms with Crippen molar-refractivity contribution in [3.8, 4) is 11.3 Å². The van der Waals surface area contributed by atoms with Gasteiger partial charge in [0.1, 0.15) is 11.6 Å². The molecule has 3 heterocycles. The first-order chi connectivity index (χ1) is 13.9. The standard InChI is InChI=1S/C23H21N5/c1-2-6-19-15-20(9-8-18(19)5-1)21-16-24-17-23(26-21)28-13-11-27(12-14-28)22-7-3-4-10-25-22/h1-10,15-17H,11-14H2. The molecule has 2 aromatic carbocycles. The minimum absolute atomic E-state index is 0.909. The average molecular weight is 367 g/mol. The summed E-state index contributed by atoms with van der Waals surface area (Å²) in [6.45, 7) is 3.68. The molecule has 0 saturated carbocycles. The van der Waals surface area contributed by atoms with Gasteiger partial charge in [-0.3, -0.25) is 4.98 Å². The lowest BCUT2D eigenvalue weighted by Gasteiger charge is -2.36. The highest BCUT2D eigenvalue weighted by Crippen LogP contribution is 2.25. The molecule has 5 rings (SSSR count). The lowest BCUT2D eigenvalue weighted by molar-refractivity contribution is 0.641. The summed E-state index contributed by atoms with van der Waals surface area (Å²) in [5.74, 6) is 1.98. The van der Waals surface area contributed by atoms with Crippen LogP contribution in [-0.4, -0.2) is 41.1 Å². The molecule has 0 amide bonds. The molecule has 0 radical (unpaired) electrons. The molecular formula is C23H21N5. The zero-order valence-electron chi connectivity index (χ0n) is 15.6. The number of rotatable bonds is 3. The van der Waals surface area contributed by atoms with Crippen molar-refractivity contribution in [2.75, 3.05) is 36.0 Å². The first kappa shape index (κ1) is 16.7. The van der Waals surface area contributed by atoms with Crippen molar-refractivity contribution in [3.63, 3.8) is 0 Å². The SMILES string of the molecule is c1ccc(N2CCN(c3cncc(-c4ccc5ccccc5c4)n3)CC2)nc1. The Hall–Kier alpha value is -3.47. The van der Waals surface area contributed by atoms with Crippen LogP contribution in [0.5, 0.6) is 0 Å². The van der Waals surface area contributed by atoms with Gasteiger partial charge in [-0.2, -0.15) is 0 Å². The Kier molecular flexibility index (Phi) is 4.33. The van der Waals surface area contributed by atoms with E-state index in [-0.39, 0.29) is 0 Å². The predicted molar refractivity (Wildman–Crippen MR) is 114 cm³/mol. The Morgan fingerprint density at radius 3 is 2.21 bits per heavy atom. The maximum Gasteiger partial charge on any atom is 0.147 e. The molecule has 0 atom stereocenters. The van der Waals surface area contributed by atoms with Crippen molar-refractivity contribution in [1.29, 1.82) is 0 Å². The monoisotopic (exact) mass is 367 g/mol. The van der Waals surface area contributed by atoms with Crippen LogP contribution in [0.2, 0.25) is 0 Å². The van der Waals surface area contributed by atoms with Crippen LogP contribution in [0, 0.1) is 0 Å². The van der Waals surface area contributed by atoms with Crippen LogP contribution >= 0.6 is 0 Å². The van der Waals surface area contributed by atoms with Gasteiger partial charge in [-0.1, -0.05) is 42.5 Å². The molecule has 4 aromatic rings. The van der Waals surface area contributed by atoms with Crippen LogP contribution in [0.15, 0.2) is 79.3 Å². The highest BCUT2D eigenvalue weighted by Gasteiger charge is 2.19. The molecule has 1 aliphatic rings. The van der Waals surface area contributed by atoms with Crippen molar-refractivity contribution in [2.45, 2.75) is 0 Å². The molecule has 1 aliphatic heterocycles. The molecule has 1 fully saturated rings. The van der Waals surface area contributed by atoms with Gasteiger partial charge < -0.3 is 9.80 Å². The maximum atomic E-state index is 4.90. The fourth-order valence-corrected chi connectivity index (χ4v) is 3.70. The summed E-state index contributed by atoms with van der Waals surface area (Å²) < 4.78 is 0. The van der Waals surface area contributed by atoms with Crippen LogP contribution in [0.1, 0.15) is 0 Å². The van der Waals surface area contributed by atoms with E-state index in [0.717, 1.165) is 49.1 Å². The number of pyridine rings is 1. The van der Waals surface area contributed by atoms with Crippen LogP contribution in [0.4, 0.5) is 11.6 Å². The molecule has 0 spiro atoms. The third kappa shape index (κ3) is 3.27. The number of aromatic nitrogens is 3. The van der Waals surface area contributed by atoms with Crippen LogP contribution < -0.4 is 9.80 Å². The van der Waals surface area contributed by atoms with E-state index in [2.05, 4.69) is 68.3 Å². The van der Waals surface area contributed by atoms with E-state index in [1.807, 2.05) is 30.7 Å². The zero-order valence-corrected chi connectivity index (χ0v) is 15.6. The van der Waals surface area contributed by atoms with Crippen LogP contribution in [0.25, 0.3) is 22.0 Å². The quantitative estimate of drug-likeness (QED) is 0.547. The number of nitrogens with zero attached hydrogens (tertiary/aromatic N) is 5. The van der Waals surface area contributed by atoms with E-state index >= 15 is 0 Å². The summed E-state index contributed by atoms with van der Waals surface area (Å²) >= 11 is 0. The van der Waals surface area contributed by atoms with Gasteiger partial charge in [-0.05, 0) is 29.0 Å². The van der Waals surface area contributed by atoms with Gasteiger partial charge in [-0.25, -0.2) is 9.97 Å². The molecule has 5 heteroatoms. The molecule has 0 aliphatic carbocycles. The smallest absolute Gasteiger partial charge is 0.147 e. The van der Waals surface area contributed by atoms with E-state index in [4.69, 9.17) is 4.98 Å². The molecule has 5 nitrogen and oxygen atoms in total. The van der Waals surface area contributed by atoms with Gasteiger partial charge in [0.25, 0.3) is 0 Å². The minimum atomic E-state index is 0.909. The third-order valence-corrected chi connectivity index (χ3v) is 5.24. The van der Waals surface area contributed by atoms with E-state index in [0.29, 0.717) is 0 Å². The summed E-state index contributed by atoms with van der Waals surface area (Å²) in [4.78, 5) is 18.4. The molecule has 1 saturated heterocycles. The lowest BCUT2D eigenvalue weighted by atomic mass is 10.1. The molecular weight excluding hydrogens is 346 g/mol. The van der Waals surface area contributed by atoms with Gasteiger partial charge in [-0.15, -0.1) is 0 Å². The van der Waals surface area contributed by atoms with E-state index in [1.165, 1.54) is 10.8 Å². The second-order valence-corrected chi connectivity index (χ2v) is 6.99. The zero-order chi connectivity index (χ0) is 18.8. The number of anilines is 2. The van der Waals surface area contributed by atoms with Crippen molar-refractivity contribution >= 4 is 22.4 Å². The molecule has 0 N–H and O–H groups in total. The topological polar surface area (TPSA) is 45.2 Å². The largest absolute Gasteiger partial charge is 0.353 e. The normalized spacial score (nSPS) is 14.4. The molecule has 0 bridgehead atoms. The van der Waals surface area contributed by atoms with E-state index in [9.17, 15) is 0 Å². The van der Waals surface area contributed by atoms with Gasteiger partial charge in [0.2, 0.25) is 0 Å². The number of fused-ring (bicyclic) bond motifs is 1. The van der Waals surface area contributed by atoms with Crippen LogP contribution in [-0.2, 0) is 0 Å². The summed E-state index contributed by atoms with van der Waals surface area (Å²) in [5, 5.41) is 2.46. The summed E-state index contributed by atoms with van der Waals surface area (Å²) in [5.41, 5.74) is 2.01. The van der Waals surface area contributed by atoms with Crippen molar-refractivity contribution in [2.24, 2.45) is 0 Å². The molecule has 28 heavy (non-hydrogen) atoms. The first-order valence-corrected chi connectivity index (χ1v) is 9.59.